The van der Waals surface area contributed by atoms with Crippen molar-refractivity contribution in [2.45, 2.75) is 38.8 Å². The summed E-state index contributed by atoms with van der Waals surface area (Å²) in [6, 6.07) is 4.16. The highest BCUT2D eigenvalue weighted by Gasteiger charge is 2.34. The van der Waals surface area contributed by atoms with E-state index in [1.165, 1.54) is 11.1 Å². The first-order valence-electron chi connectivity index (χ1n) is 10.6. The molecule has 172 valence electrons. The molecule has 2 heterocycles. The topological polar surface area (TPSA) is 85.4 Å². The number of hydrogen-bond donors (Lipinski definition) is 2. The molecular weight excluding hydrogens is 443 g/mol. The number of benzene rings is 1. The first kappa shape index (κ1) is 24.1. The molecule has 0 bridgehead atoms. The summed E-state index contributed by atoms with van der Waals surface area (Å²) in [7, 11) is 0. The number of carbonyl (C=O) groups excluding carboxylic acids is 2. The van der Waals surface area contributed by atoms with Crippen LogP contribution < -0.4 is 5.32 Å². The van der Waals surface area contributed by atoms with Crippen LogP contribution in [0.1, 0.15) is 26.7 Å². The second-order valence-corrected chi connectivity index (χ2v) is 9.08. The fourth-order valence-electron chi connectivity index (χ4n) is 3.88. The van der Waals surface area contributed by atoms with Crippen LogP contribution in [-0.2, 0) is 9.63 Å². The molecule has 8 nitrogen and oxygen atoms in total. The molecule has 2 aliphatic heterocycles. The van der Waals surface area contributed by atoms with Gasteiger partial charge >= 0.3 is 6.09 Å². The molecule has 31 heavy (non-hydrogen) atoms. The summed E-state index contributed by atoms with van der Waals surface area (Å²) in [5.74, 6) is 0.279. The molecule has 0 aromatic heterocycles. The number of amides is 2. The number of nitrogens with one attached hydrogen (secondary N) is 1. The molecule has 10 heteroatoms. The smallest absolute Gasteiger partial charge is 0.392 e. The number of hydroxylamine groups is 2. The van der Waals surface area contributed by atoms with E-state index >= 15 is 0 Å². The minimum absolute atomic E-state index is 0.0686. The van der Waals surface area contributed by atoms with Crippen molar-refractivity contribution in [1.82, 2.24) is 14.9 Å². The fraction of sp³-hybridized carbons (Fsp3) is 0.619. The van der Waals surface area contributed by atoms with Crippen LogP contribution in [0.4, 0.5) is 10.5 Å². The zero-order valence-corrected chi connectivity index (χ0v) is 19.4. The SMILES string of the molecule is C[C@H]1CCN(CCCN2CCN(OC(=O)Nc3ccc(Cl)c(Cl)c3)[C@@H](C)C2=O)C[C@H]1O. The number of likely N-dealkylation sites (tertiary alicyclic amines) is 1. The van der Waals surface area contributed by atoms with Crippen molar-refractivity contribution >= 4 is 40.9 Å². The van der Waals surface area contributed by atoms with Gasteiger partial charge in [-0.3, -0.25) is 10.1 Å². The Morgan fingerprint density at radius 2 is 1.97 bits per heavy atom. The van der Waals surface area contributed by atoms with Gasteiger partial charge < -0.3 is 19.7 Å². The standard InChI is InChI=1S/C21H30Cl2N4O4/c1-14-6-9-25(13-19(14)28)7-3-8-26-10-11-27(15(2)20(26)29)31-21(30)24-16-4-5-17(22)18(23)12-16/h4-5,12,14-15,19,28H,3,6-11,13H2,1-2H3,(H,24,30)/t14-,15-,19+/m0/s1. The minimum atomic E-state index is -0.690. The highest BCUT2D eigenvalue weighted by molar-refractivity contribution is 6.42. The number of rotatable bonds is 6. The van der Waals surface area contributed by atoms with Crippen LogP contribution in [0.3, 0.4) is 0 Å². The lowest BCUT2D eigenvalue weighted by Gasteiger charge is -2.38. The van der Waals surface area contributed by atoms with Gasteiger partial charge in [0.2, 0.25) is 5.91 Å². The minimum Gasteiger partial charge on any atom is -0.392 e. The van der Waals surface area contributed by atoms with E-state index in [4.69, 9.17) is 28.0 Å². The van der Waals surface area contributed by atoms with Crippen molar-refractivity contribution in [2.24, 2.45) is 5.92 Å². The molecule has 2 fully saturated rings. The zero-order chi connectivity index (χ0) is 22.5. The lowest BCUT2D eigenvalue weighted by Crippen LogP contribution is -2.56. The number of hydrogen-bond acceptors (Lipinski definition) is 6. The third kappa shape index (κ3) is 6.46. The summed E-state index contributed by atoms with van der Waals surface area (Å²) < 4.78 is 0. The van der Waals surface area contributed by atoms with E-state index < -0.39 is 12.1 Å². The predicted molar refractivity (Wildman–Crippen MR) is 120 cm³/mol. The molecule has 3 rings (SSSR count). The zero-order valence-electron chi connectivity index (χ0n) is 17.9. The molecule has 0 spiro atoms. The third-order valence-electron chi connectivity index (χ3n) is 5.96. The molecule has 1 aromatic carbocycles. The fourth-order valence-corrected chi connectivity index (χ4v) is 4.18. The van der Waals surface area contributed by atoms with E-state index in [0.717, 1.165) is 25.9 Å². The summed E-state index contributed by atoms with van der Waals surface area (Å²) in [6.07, 6.45) is 0.880. The number of anilines is 1. The first-order valence-corrected chi connectivity index (χ1v) is 11.4. The monoisotopic (exact) mass is 472 g/mol. The van der Waals surface area contributed by atoms with Crippen molar-refractivity contribution in [3.63, 3.8) is 0 Å². The summed E-state index contributed by atoms with van der Waals surface area (Å²) >= 11 is 11.8. The molecule has 0 radical (unpaired) electrons. The van der Waals surface area contributed by atoms with E-state index in [9.17, 15) is 14.7 Å². The van der Waals surface area contributed by atoms with Crippen molar-refractivity contribution in [3.05, 3.63) is 28.2 Å². The Labute approximate surface area is 193 Å². The Balaban J connectivity index is 1.42. The Kier molecular flexibility index (Phi) is 8.41. The van der Waals surface area contributed by atoms with Gasteiger partial charge in [0.15, 0.2) is 0 Å². The molecule has 0 aliphatic carbocycles. The molecule has 2 aliphatic rings. The van der Waals surface area contributed by atoms with E-state index in [1.54, 1.807) is 19.1 Å². The van der Waals surface area contributed by atoms with Crippen LogP contribution in [0.5, 0.6) is 0 Å². The van der Waals surface area contributed by atoms with E-state index in [0.29, 0.717) is 47.8 Å². The van der Waals surface area contributed by atoms with Crippen LogP contribution in [0.2, 0.25) is 10.0 Å². The lowest BCUT2D eigenvalue weighted by molar-refractivity contribution is -0.174. The maximum atomic E-state index is 12.7. The molecular formula is C21H30Cl2N4O4. The maximum Gasteiger partial charge on any atom is 0.430 e. The summed E-state index contributed by atoms with van der Waals surface area (Å²) in [5.41, 5.74) is 0.453. The van der Waals surface area contributed by atoms with E-state index in [-0.39, 0.29) is 12.0 Å². The average molecular weight is 473 g/mol. The number of halogens is 2. The van der Waals surface area contributed by atoms with E-state index in [2.05, 4.69) is 17.1 Å². The molecule has 0 unspecified atom stereocenters. The van der Waals surface area contributed by atoms with E-state index in [1.807, 2.05) is 4.90 Å². The van der Waals surface area contributed by atoms with Gasteiger partial charge in [-0.1, -0.05) is 30.1 Å². The number of piperidine rings is 1. The number of aliphatic hydroxyl groups is 1. The Bertz CT molecular complexity index is 797. The van der Waals surface area contributed by atoms with Gasteiger partial charge in [0, 0.05) is 25.3 Å². The van der Waals surface area contributed by atoms with Gasteiger partial charge in [-0.05, 0) is 57.0 Å². The van der Waals surface area contributed by atoms with Crippen molar-refractivity contribution < 1.29 is 19.5 Å². The van der Waals surface area contributed by atoms with Crippen LogP contribution in [0.25, 0.3) is 0 Å². The van der Waals surface area contributed by atoms with Gasteiger partial charge in [0.25, 0.3) is 0 Å². The highest BCUT2D eigenvalue weighted by Crippen LogP contribution is 2.25. The van der Waals surface area contributed by atoms with Crippen LogP contribution in [0, 0.1) is 5.92 Å². The maximum absolute atomic E-state index is 12.7. The quantitative estimate of drug-likeness (QED) is 0.661. The van der Waals surface area contributed by atoms with Crippen LogP contribution in [-0.4, -0.2) is 83.4 Å². The molecule has 2 N–H and O–H groups in total. The molecule has 2 saturated heterocycles. The molecule has 0 saturated carbocycles. The lowest BCUT2D eigenvalue weighted by atomic mass is 9.96. The van der Waals surface area contributed by atoms with Gasteiger partial charge in [-0.2, -0.15) is 0 Å². The van der Waals surface area contributed by atoms with Crippen LogP contribution >= 0.6 is 23.2 Å². The Morgan fingerprint density at radius 1 is 1.19 bits per heavy atom. The largest absolute Gasteiger partial charge is 0.430 e. The summed E-state index contributed by atoms with van der Waals surface area (Å²) in [4.78, 5) is 34.3. The second-order valence-electron chi connectivity index (χ2n) is 8.26. The summed E-state index contributed by atoms with van der Waals surface area (Å²) in [5, 5.41) is 14.7. The molecule has 1 aromatic rings. The van der Waals surface area contributed by atoms with Gasteiger partial charge in [-0.15, -0.1) is 5.06 Å². The van der Waals surface area contributed by atoms with Gasteiger partial charge in [-0.25, -0.2) is 4.79 Å². The van der Waals surface area contributed by atoms with Crippen molar-refractivity contribution in [2.75, 3.05) is 44.6 Å². The van der Waals surface area contributed by atoms with Gasteiger partial charge in [0.1, 0.15) is 6.04 Å². The highest BCUT2D eigenvalue weighted by atomic mass is 35.5. The third-order valence-corrected chi connectivity index (χ3v) is 6.70. The normalized spacial score (nSPS) is 25.5. The van der Waals surface area contributed by atoms with Gasteiger partial charge in [0.05, 0.1) is 22.7 Å². The molecule has 2 amide bonds. The summed E-state index contributed by atoms with van der Waals surface area (Å²) in [6.45, 7) is 7.91. The second kappa shape index (κ2) is 10.8. The number of piperazine rings is 1. The number of aliphatic hydroxyl groups excluding tert-OH is 1. The van der Waals surface area contributed by atoms with Crippen molar-refractivity contribution in [1.29, 1.82) is 0 Å². The Morgan fingerprint density at radius 3 is 2.68 bits per heavy atom. The van der Waals surface area contributed by atoms with Crippen LogP contribution in [0.15, 0.2) is 18.2 Å². The van der Waals surface area contributed by atoms with Crippen molar-refractivity contribution in [3.8, 4) is 0 Å². The number of carbonyl (C=O) groups is 2. The Hall–Kier alpha value is -1.58. The first-order chi connectivity index (χ1) is 14.7. The molecule has 3 atom stereocenters. The number of β-amino-alcohol motifs (C(OH)–C–C–N with tert-alkyl or cyclic N) is 1. The number of nitrogens with zero attached hydrogens (tertiary/aromatic N) is 3. The average Bonchev–Trinajstić information content (AvgIpc) is 2.72. The predicted octanol–water partition coefficient (Wildman–Crippen LogP) is 3.08.